The number of benzene rings is 2. The average Bonchev–Trinajstić information content (AvgIpc) is 2.53. The summed E-state index contributed by atoms with van der Waals surface area (Å²) < 4.78 is 0. The summed E-state index contributed by atoms with van der Waals surface area (Å²) in [5, 5.41) is 0.684. The zero-order valence-corrected chi connectivity index (χ0v) is 13.2. The second-order valence-electron chi connectivity index (χ2n) is 5.38. The highest BCUT2D eigenvalue weighted by Crippen LogP contribution is 2.33. The maximum absolute atomic E-state index is 12.1. The SMILES string of the molecule is NC(N)=NC(=O)c1ccc2c(c1)C(c1cccc(Cl)c1)=CCC2. The number of aliphatic imine (C=N–C) groups is 1. The summed E-state index contributed by atoms with van der Waals surface area (Å²) in [6, 6.07) is 13.3. The molecule has 0 fully saturated rings. The van der Waals surface area contributed by atoms with Crippen LogP contribution in [-0.4, -0.2) is 11.9 Å². The lowest BCUT2D eigenvalue weighted by molar-refractivity contribution is 0.100. The van der Waals surface area contributed by atoms with Crippen molar-refractivity contribution in [1.29, 1.82) is 0 Å². The first-order valence-electron chi connectivity index (χ1n) is 7.28. The minimum absolute atomic E-state index is 0.238. The summed E-state index contributed by atoms with van der Waals surface area (Å²) in [7, 11) is 0. The number of nitrogens with zero attached hydrogens (tertiary/aromatic N) is 1. The lowest BCUT2D eigenvalue weighted by Crippen LogP contribution is -2.24. The molecule has 2 aromatic carbocycles. The van der Waals surface area contributed by atoms with Gasteiger partial charge in [-0.15, -0.1) is 0 Å². The highest BCUT2D eigenvalue weighted by atomic mass is 35.5. The zero-order valence-electron chi connectivity index (χ0n) is 12.4. The van der Waals surface area contributed by atoms with Crippen LogP contribution in [0.4, 0.5) is 0 Å². The Bertz CT molecular complexity index is 836. The molecule has 0 heterocycles. The molecule has 1 amide bonds. The molecular weight excluding hydrogens is 310 g/mol. The third-order valence-electron chi connectivity index (χ3n) is 3.78. The first kappa shape index (κ1) is 15.3. The number of carbonyl (C=O) groups excluding carboxylic acids is 1. The topological polar surface area (TPSA) is 81.5 Å². The van der Waals surface area contributed by atoms with Crippen molar-refractivity contribution < 1.29 is 4.79 Å². The van der Waals surface area contributed by atoms with Gasteiger partial charge in [-0.3, -0.25) is 4.79 Å². The molecular formula is C18H16ClN3O. The van der Waals surface area contributed by atoms with Crippen molar-refractivity contribution >= 4 is 29.0 Å². The third-order valence-corrected chi connectivity index (χ3v) is 4.01. The minimum Gasteiger partial charge on any atom is -0.370 e. The second-order valence-corrected chi connectivity index (χ2v) is 5.82. The summed E-state index contributed by atoms with van der Waals surface area (Å²) in [5.41, 5.74) is 15.4. The number of halogens is 1. The number of aryl methyl sites for hydroxylation is 1. The highest BCUT2D eigenvalue weighted by molar-refractivity contribution is 6.30. The van der Waals surface area contributed by atoms with E-state index in [1.165, 1.54) is 5.56 Å². The highest BCUT2D eigenvalue weighted by Gasteiger charge is 2.17. The van der Waals surface area contributed by atoms with E-state index < -0.39 is 5.91 Å². The van der Waals surface area contributed by atoms with Crippen LogP contribution in [-0.2, 0) is 6.42 Å². The Labute approximate surface area is 139 Å². The van der Waals surface area contributed by atoms with Gasteiger partial charge in [-0.2, -0.15) is 4.99 Å². The molecule has 0 aliphatic heterocycles. The smallest absolute Gasteiger partial charge is 0.280 e. The number of fused-ring (bicyclic) bond motifs is 1. The zero-order chi connectivity index (χ0) is 16.4. The van der Waals surface area contributed by atoms with E-state index in [2.05, 4.69) is 11.1 Å². The van der Waals surface area contributed by atoms with Gasteiger partial charge in [-0.05, 0) is 59.4 Å². The minimum atomic E-state index is -0.441. The van der Waals surface area contributed by atoms with Crippen LogP contribution in [0, 0.1) is 0 Å². The molecule has 0 atom stereocenters. The quantitative estimate of drug-likeness (QED) is 0.657. The van der Waals surface area contributed by atoms with Crippen LogP contribution in [0.2, 0.25) is 5.02 Å². The van der Waals surface area contributed by atoms with Crippen molar-refractivity contribution in [3.63, 3.8) is 0 Å². The molecule has 4 nitrogen and oxygen atoms in total. The number of carbonyl (C=O) groups is 1. The van der Waals surface area contributed by atoms with Crippen LogP contribution in [0.5, 0.6) is 0 Å². The summed E-state index contributed by atoms with van der Waals surface area (Å²) in [6.45, 7) is 0. The van der Waals surface area contributed by atoms with Crippen molar-refractivity contribution in [1.82, 2.24) is 0 Å². The summed E-state index contributed by atoms with van der Waals surface area (Å²) in [4.78, 5) is 15.7. The molecule has 0 radical (unpaired) electrons. The number of nitrogens with two attached hydrogens (primary N) is 2. The largest absolute Gasteiger partial charge is 0.370 e. The van der Waals surface area contributed by atoms with Gasteiger partial charge < -0.3 is 11.5 Å². The molecule has 1 aliphatic rings. The van der Waals surface area contributed by atoms with Gasteiger partial charge in [0, 0.05) is 10.6 Å². The van der Waals surface area contributed by atoms with Crippen molar-refractivity contribution in [2.24, 2.45) is 16.5 Å². The molecule has 1 aliphatic carbocycles. The van der Waals surface area contributed by atoms with E-state index in [9.17, 15) is 4.79 Å². The van der Waals surface area contributed by atoms with Gasteiger partial charge in [0.15, 0.2) is 5.96 Å². The predicted molar refractivity (Wildman–Crippen MR) is 93.4 cm³/mol. The van der Waals surface area contributed by atoms with E-state index in [0.29, 0.717) is 10.6 Å². The number of hydrogen-bond acceptors (Lipinski definition) is 1. The molecule has 2 aromatic rings. The lowest BCUT2D eigenvalue weighted by Gasteiger charge is -2.19. The standard InChI is InChI=1S/C18H16ClN3O/c19-14-5-1-4-12(9-14)15-6-2-3-11-7-8-13(10-16(11)15)17(23)22-18(20)21/h1,4-10H,2-3H2,(H4,20,21,22,23). The van der Waals surface area contributed by atoms with Crippen molar-refractivity contribution in [3.8, 4) is 0 Å². The first-order chi connectivity index (χ1) is 11.0. The van der Waals surface area contributed by atoms with Crippen LogP contribution in [0.15, 0.2) is 53.5 Å². The second kappa shape index (κ2) is 6.26. The van der Waals surface area contributed by atoms with Gasteiger partial charge in [0.05, 0.1) is 0 Å². The van der Waals surface area contributed by atoms with Crippen LogP contribution in [0.3, 0.4) is 0 Å². The van der Waals surface area contributed by atoms with Gasteiger partial charge >= 0.3 is 0 Å². The van der Waals surface area contributed by atoms with Gasteiger partial charge in [-0.25, -0.2) is 0 Å². The van der Waals surface area contributed by atoms with E-state index in [4.69, 9.17) is 23.1 Å². The number of rotatable bonds is 2. The molecule has 0 saturated carbocycles. The molecule has 4 N–H and O–H groups in total. The van der Waals surface area contributed by atoms with E-state index in [0.717, 1.165) is 29.5 Å². The fraction of sp³-hybridized carbons (Fsp3) is 0.111. The average molecular weight is 326 g/mol. The van der Waals surface area contributed by atoms with Crippen molar-refractivity contribution in [2.45, 2.75) is 12.8 Å². The van der Waals surface area contributed by atoms with Gasteiger partial charge in [0.2, 0.25) is 0 Å². The maximum Gasteiger partial charge on any atom is 0.280 e. The first-order valence-corrected chi connectivity index (χ1v) is 7.66. The van der Waals surface area contributed by atoms with Gasteiger partial charge in [-0.1, -0.05) is 35.9 Å². The van der Waals surface area contributed by atoms with E-state index >= 15 is 0 Å². The number of amides is 1. The number of allylic oxidation sites excluding steroid dienone is 1. The molecule has 116 valence electrons. The van der Waals surface area contributed by atoms with E-state index in [1.54, 1.807) is 6.07 Å². The summed E-state index contributed by atoms with van der Waals surface area (Å²) in [5.74, 6) is -0.679. The number of guanidine groups is 1. The molecule has 0 bridgehead atoms. The van der Waals surface area contributed by atoms with Crippen LogP contribution >= 0.6 is 11.6 Å². The third kappa shape index (κ3) is 3.27. The lowest BCUT2D eigenvalue weighted by atomic mass is 9.86. The molecule has 0 aromatic heterocycles. The fourth-order valence-corrected chi connectivity index (χ4v) is 2.96. The van der Waals surface area contributed by atoms with Crippen LogP contribution < -0.4 is 11.5 Å². The molecule has 0 spiro atoms. The van der Waals surface area contributed by atoms with Crippen molar-refractivity contribution in [3.05, 3.63) is 75.8 Å². The monoisotopic (exact) mass is 325 g/mol. The fourth-order valence-electron chi connectivity index (χ4n) is 2.77. The van der Waals surface area contributed by atoms with Crippen LogP contribution in [0.1, 0.15) is 33.5 Å². The van der Waals surface area contributed by atoms with Gasteiger partial charge in [0.25, 0.3) is 5.91 Å². The Hall–Kier alpha value is -2.59. The number of hydrogen-bond donors (Lipinski definition) is 2. The molecule has 0 saturated heterocycles. The Morgan fingerprint density at radius 1 is 1.13 bits per heavy atom. The molecule has 23 heavy (non-hydrogen) atoms. The van der Waals surface area contributed by atoms with E-state index in [1.807, 2.05) is 36.4 Å². The Kier molecular flexibility index (Phi) is 4.17. The summed E-state index contributed by atoms with van der Waals surface area (Å²) >= 11 is 6.10. The molecule has 3 rings (SSSR count). The van der Waals surface area contributed by atoms with Gasteiger partial charge in [0.1, 0.15) is 0 Å². The predicted octanol–water partition coefficient (Wildman–Crippen LogP) is 3.13. The summed E-state index contributed by atoms with van der Waals surface area (Å²) in [6.07, 6.45) is 4.06. The Morgan fingerprint density at radius 3 is 2.70 bits per heavy atom. The van der Waals surface area contributed by atoms with E-state index in [-0.39, 0.29) is 5.96 Å². The maximum atomic E-state index is 12.1. The van der Waals surface area contributed by atoms with Crippen LogP contribution in [0.25, 0.3) is 5.57 Å². The normalized spacial score (nSPS) is 13.0. The molecule has 5 heteroatoms. The van der Waals surface area contributed by atoms with Crippen molar-refractivity contribution in [2.75, 3.05) is 0 Å². The molecule has 0 unspecified atom stereocenters. The Morgan fingerprint density at radius 2 is 1.96 bits per heavy atom. The Balaban J connectivity index is 2.07.